The summed E-state index contributed by atoms with van der Waals surface area (Å²) < 4.78 is 5.40. The third kappa shape index (κ3) is 3.66. The number of hydrogen-bond donors (Lipinski definition) is 3. The Morgan fingerprint density at radius 1 is 1.17 bits per heavy atom. The number of primary amides is 1. The van der Waals surface area contributed by atoms with Crippen molar-refractivity contribution in [2.24, 2.45) is 5.73 Å². The molecule has 2 fully saturated rings. The summed E-state index contributed by atoms with van der Waals surface area (Å²) in [5.74, 6) is -0.474. The van der Waals surface area contributed by atoms with Crippen molar-refractivity contribution in [3.8, 4) is 33.6 Å². The molecule has 2 amide bonds. The second-order valence-corrected chi connectivity index (χ2v) is 9.46. The Kier molecular flexibility index (Phi) is 5.01. The highest BCUT2D eigenvalue weighted by Gasteiger charge is 2.48. The summed E-state index contributed by atoms with van der Waals surface area (Å²) in [6.07, 6.45) is 4.21. The highest BCUT2D eigenvalue weighted by atomic mass is 16.5. The van der Waals surface area contributed by atoms with Crippen LogP contribution in [0.3, 0.4) is 0 Å². The maximum absolute atomic E-state index is 12.4. The van der Waals surface area contributed by atoms with E-state index in [4.69, 9.17) is 10.3 Å². The first kappa shape index (κ1) is 22.2. The maximum atomic E-state index is 12.4. The average molecular weight is 485 g/mol. The van der Waals surface area contributed by atoms with E-state index in [0.717, 1.165) is 35.2 Å². The number of aromatic amines is 1. The maximum Gasteiger partial charge on any atom is 0.267 e. The zero-order valence-electron chi connectivity index (χ0n) is 19.6. The van der Waals surface area contributed by atoms with Crippen LogP contribution in [0, 0.1) is 0 Å². The Morgan fingerprint density at radius 3 is 2.64 bits per heavy atom. The molecule has 4 aromatic rings. The largest absolute Gasteiger partial charge is 0.373 e. The number of carbonyl (C=O) groups excluding carboxylic acids is 2. The fraction of sp³-hybridized carbons (Fsp3) is 0.269. The van der Waals surface area contributed by atoms with Crippen LogP contribution >= 0.6 is 0 Å². The van der Waals surface area contributed by atoms with Crippen molar-refractivity contribution in [2.75, 3.05) is 13.6 Å². The molecule has 10 nitrogen and oxygen atoms in total. The minimum absolute atomic E-state index is 0.112. The molecular formula is C26H24N6O4. The predicted molar refractivity (Wildman–Crippen MR) is 129 cm³/mol. The first-order valence-corrected chi connectivity index (χ1v) is 11.7. The van der Waals surface area contributed by atoms with E-state index in [-0.39, 0.29) is 17.9 Å². The lowest BCUT2D eigenvalue weighted by molar-refractivity contribution is -0.144. The highest BCUT2D eigenvalue weighted by Crippen LogP contribution is 2.43. The van der Waals surface area contributed by atoms with Gasteiger partial charge in [0.2, 0.25) is 5.60 Å². The first-order valence-electron chi connectivity index (χ1n) is 11.7. The van der Waals surface area contributed by atoms with E-state index in [1.807, 2.05) is 30.3 Å². The Hall–Kier alpha value is -4.31. The van der Waals surface area contributed by atoms with E-state index in [0.29, 0.717) is 29.4 Å². The Labute approximate surface area is 206 Å². The summed E-state index contributed by atoms with van der Waals surface area (Å²) in [6.45, 7) is 0.435. The molecule has 2 aliphatic rings. The van der Waals surface area contributed by atoms with Gasteiger partial charge in [-0.25, -0.2) is 4.98 Å². The van der Waals surface area contributed by atoms with Gasteiger partial charge in [-0.2, -0.15) is 5.10 Å². The molecular weight excluding hydrogens is 460 g/mol. The molecule has 1 aliphatic heterocycles. The summed E-state index contributed by atoms with van der Waals surface area (Å²) in [5.41, 5.74) is 9.34. The third-order valence-electron chi connectivity index (χ3n) is 6.92. The van der Waals surface area contributed by atoms with Crippen molar-refractivity contribution in [2.45, 2.75) is 30.8 Å². The number of benzene rings is 1. The number of aromatic nitrogens is 4. The fourth-order valence-corrected chi connectivity index (χ4v) is 4.70. The van der Waals surface area contributed by atoms with Crippen LogP contribution in [0.25, 0.3) is 33.6 Å². The van der Waals surface area contributed by atoms with Gasteiger partial charge in [0.05, 0.1) is 11.9 Å². The quantitative estimate of drug-likeness (QED) is 0.381. The number of amides is 2. The molecule has 1 aliphatic carbocycles. The van der Waals surface area contributed by atoms with Crippen LogP contribution in [-0.2, 0) is 10.4 Å². The van der Waals surface area contributed by atoms with Crippen LogP contribution in [-0.4, -0.2) is 55.8 Å². The Morgan fingerprint density at radius 2 is 1.94 bits per heavy atom. The third-order valence-corrected chi connectivity index (χ3v) is 6.92. The minimum Gasteiger partial charge on any atom is -0.373 e. The van der Waals surface area contributed by atoms with Gasteiger partial charge in [0.15, 0.2) is 5.76 Å². The average Bonchev–Trinajstić information content (AvgIpc) is 3.28. The van der Waals surface area contributed by atoms with Crippen LogP contribution in [0.15, 0.2) is 53.2 Å². The van der Waals surface area contributed by atoms with Crippen LogP contribution in [0.5, 0.6) is 0 Å². The number of nitrogens with one attached hydrogen (secondary N) is 1. The lowest BCUT2D eigenvalue weighted by atomic mass is 9.97. The fourth-order valence-electron chi connectivity index (χ4n) is 4.70. The second-order valence-electron chi connectivity index (χ2n) is 9.46. The van der Waals surface area contributed by atoms with Gasteiger partial charge in [-0.3, -0.25) is 14.7 Å². The number of carbonyl (C=O) groups is 2. The topological polar surface area (TPSA) is 151 Å². The molecule has 0 bridgehead atoms. The standard InChI is InChI=1S/C26H24N6O4/c1-32-8-7-26(35,25(32)34)22-12-20(31-36-22)16-4-2-3-15(9-16)19-10-17(11-21(29-19)24(27)33)18-13-28-30-23(18)14-5-6-14/h2-4,9-14,35H,5-8H2,1H3,(H2,27,33)(H,28,30). The molecule has 1 atom stereocenters. The normalized spacial score (nSPS) is 19.7. The number of hydrogen-bond acceptors (Lipinski definition) is 7. The molecule has 1 unspecified atom stereocenters. The Balaban J connectivity index is 1.38. The highest BCUT2D eigenvalue weighted by molar-refractivity contribution is 5.93. The number of aliphatic hydroxyl groups is 1. The summed E-state index contributed by atoms with van der Waals surface area (Å²) in [5, 5.41) is 22.3. The molecule has 1 saturated heterocycles. The lowest BCUT2D eigenvalue weighted by Crippen LogP contribution is -2.35. The number of H-pyrrole nitrogens is 1. The molecule has 10 heteroatoms. The summed E-state index contributed by atoms with van der Waals surface area (Å²) in [6, 6.07) is 12.6. The summed E-state index contributed by atoms with van der Waals surface area (Å²) in [4.78, 5) is 30.5. The first-order chi connectivity index (χ1) is 17.3. The number of pyridine rings is 1. The van der Waals surface area contributed by atoms with E-state index >= 15 is 0 Å². The lowest BCUT2D eigenvalue weighted by Gasteiger charge is -2.16. The SMILES string of the molecule is CN1CCC(O)(c2cc(-c3cccc(-c4cc(-c5cn[nH]c5C5CC5)cc(C(N)=O)n4)c3)no2)C1=O. The van der Waals surface area contributed by atoms with Crippen molar-refractivity contribution in [3.63, 3.8) is 0 Å². The number of likely N-dealkylation sites (N-methyl/N-ethyl adjacent to an activating group) is 1. The zero-order chi connectivity index (χ0) is 25.0. The number of nitrogens with zero attached hydrogens (tertiary/aromatic N) is 4. The molecule has 4 N–H and O–H groups in total. The van der Waals surface area contributed by atoms with E-state index in [2.05, 4.69) is 20.3 Å². The monoisotopic (exact) mass is 484 g/mol. The van der Waals surface area contributed by atoms with Crippen LogP contribution in [0.1, 0.15) is 47.1 Å². The van der Waals surface area contributed by atoms with Crippen LogP contribution < -0.4 is 5.73 Å². The van der Waals surface area contributed by atoms with Gasteiger partial charge in [0.25, 0.3) is 11.8 Å². The van der Waals surface area contributed by atoms with Gasteiger partial charge in [-0.05, 0) is 36.6 Å². The number of likely N-dealkylation sites (tertiary alicyclic amines) is 1. The smallest absolute Gasteiger partial charge is 0.267 e. The molecule has 0 spiro atoms. The van der Waals surface area contributed by atoms with Crippen LogP contribution in [0.2, 0.25) is 0 Å². The second kappa shape index (κ2) is 8.13. The van der Waals surface area contributed by atoms with Gasteiger partial charge in [0, 0.05) is 54.4 Å². The molecule has 3 aromatic heterocycles. The number of nitrogens with two attached hydrogens (primary N) is 1. The molecule has 0 radical (unpaired) electrons. The van der Waals surface area contributed by atoms with Gasteiger partial charge in [-0.1, -0.05) is 23.4 Å². The minimum atomic E-state index is -1.71. The van der Waals surface area contributed by atoms with Gasteiger partial charge >= 0.3 is 0 Å². The summed E-state index contributed by atoms with van der Waals surface area (Å²) in [7, 11) is 1.64. The van der Waals surface area contributed by atoms with Crippen molar-refractivity contribution in [1.82, 2.24) is 25.2 Å². The van der Waals surface area contributed by atoms with E-state index in [9.17, 15) is 14.7 Å². The molecule has 182 valence electrons. The van der Waals surface area contributed by atoms with Gasteiger partial charge in [0.1, 0.15) is 11.4 Å². The number of rotatable bonds is 6. The van der Waals surface area contributed by atoms with Gasteiger partial charge < -0.3 is 20.3 Å². The van der Waals surface area contributed by atoms with Crippen molar-refractivity contribution >= 4 is 11.8 Å². The van der Waals surface area contributed by atoms with Crippen molar-refractivity contribution in [1.29, 1.82) is 0 Å². The van der Waals surface area contributed by atoms with Crippen LogP contribution in [0.4, 0.5) is 0 Å². The van der Waals surface area contributed by atoms with E-state index < -0.39 is 17.4 Å². The van der Waals surface area contributed by atoms with Crippen molar-refractivity contribution in [3.05, 3.63) is 65.8 Å². The molecule has 6 rings (SSSR count). The predicted octanol–water partition coefficient (Wildman–Crippen LogP) is 2.82. The summed E-state index contributed by atoms with van der Waals surface area (Å²) >= 11 is 0. The van der Waals surface area contributed by atoms with Gasteiger partial charge in [-0.15, -0.1) is 0 Å². The molecule has 1 saturated carbocycles. The Bertz CT molecular complexity index is 1500. The van der Waals surface area contributed by atoms with E-state index in [1.165, 1.54) is 4.90 Å². The van der Waals surface area contributed by atoms with E-state index in [1.54, 1.807) is 25.4 Å². The zero-order valence-corrected chi connectivity index (χ0v) is 19.6. The van der Waals surface area contributed by atoms with Crippen molar-refractivity contribution < 1.29 is 19.2 Å². The molecule has 36 heavy (non-hydrogen) atoms. The molecule has 1 aromatic carbocycles. The molecule has 4 heterocycles.